The molecule has 230 valence electrons. The highest BCUT2D eigenvalue weighted by Gasteiger charge is 2.22. The topological polar surface area (TPSA) is 29.5 Å². The average molecular weight is 628 g/mol. The van der Waals surface area contributed by atoms with Crippen molar-refractivity contribution in [3.63, 3.8) is 0 Å². The summed E-state index contributed by atoms with van der Waals surface area (Å²) in [5.74, 6) is 0. The van der Waals surface area contributed by atoms with Crippen molar-refractivity contribution < 1.29 is 8.83 Å². The normalized spacial score (nSPS) is 11.7. The Morgan fingerprint density at radius 1 is 0.347 bits per heavy atom. The van der Waals surface area contributed by atoms with E-state index in [1.54, 1.807) is 0 Å². The van der Waals surface area contributed by atoms with Gasteiger partial charge in [0.1, 0.15) is 22.3 Å². The lowest BCUT2D eigenvalue weighted by Gasteiger charge is -2.26. The summed E-state index contributed by atoms with van der Waals surface area (Å²) in [6.07, 6.45) is 0. The first kappa shape index (κ1) is 27.5. The van der Waals surface area contributed by atoms with Crippen molar-refractivity contribution in [3.05, 3.63) is 176 Å². The van der Waals surface area contributed by atoms with Crippen LogP contribution in [-0.4, -0.2) is 0 Å². The predicted octanol–water partition coefficient (Wildman–Crippen LogP) is 13.4. The van der Waals surface area contributed by atoms with Gasteiger partial charge in [-0.15, -0.1) is 0 Å². The second-order valence-electron chi connectivity index (χ2n) is 12.5. The highest BCUT2D eigenvalue weighted by molar-refractivity contribution is 6.32. The molecule has 2 heterocycles. The van der Waals surface area contributed by atoms with Gasteiger partial charge in [-0.3, -0.25) is 0 Å². The minimum absolute atomic E-state index is 0.855. The van der Waals surface area contributed by atoms with Crippen molar-refractivity contribution in [1.29, 1.82) is 0 Å². The fraction of sp³-hybridized carbons (Fsp3) is 0. The molecule has 0 atom stereocenters. The van der Waals surface area contributed by atoms with Gasteiger partial charge < -0.3 is 13.7 Å². The van der Waals surface area contributed by atoms with Crippen LogP contribution in [0.3, 0.4) is 0 Å². The number of hydrogen-bond donors (Lipinski definition) is 0. The van der Waals surface area contributed by atoms with Gasteiger partial charge in [-0.2, -0.15) is 0 Å². The van der Waals surface area contributed by atoms with Crippen molar-refractivity contribution >= 4 is 71.7 Å². The van der Waals surface area contributed by atoms with Gasteiger partial charge in [0.25, 0.3) is 0 Å². The molecule has 0 N–H and O–H groups in total. The monoisotopic (exact) mass is 627 g/mol. The first-order valence-corrected chi connectivity index (χ1v) is 16.6. The van der Waals surface area contributed by atoms with Gasteiger partial charge in [-0.1, -0.05) is 121 Å². The zero-order valence-corrected chi connectivity index (χ0v) is 26.5. The van der Waals surface area contributed by atoms with Crippen LogP contribution in [0.4, 0.5) is 17.1 Å². The van der Waals surface area contributed by atoms with Crippen molar-refractivity contribution in [1.82, 2.24) is 0 Å². The minimum atomic E-state index is 0.855. The molecule has 0 saturated carbocycles. The van der Waals surface area contributed by atoms with E-state index in [1.165, 1.54) is 21.9 Å². The van der Waals surface area contributed by atoms with Crippen LogP contribution in [0, 0.1) is 0 Å². The van der Waals surface area contributed by atoms with Gasteiger partial charge in [0.05, 0.1) is 0 Å². The number of fused-ring (bicyclic) bond motifs is 9. The largest absolute Gasteiger partial charge is 0.456 e. The second kappa shape index (κ2) is 11.0. The van der Waals surface area contributed by atoms with Crippen molar-refractivity contribution in [2.75, 3.05) is 4.90 Å². The Bertz CT molecular complexity index is 2790. The van der Waals surface area contributed by atoms with Crippen LogP contribution in [0.15, 0.2) is 185 Å². The van der Waals surface area contributed by atoms with Crippen molar-refractivity contribution in [2.24, 2.45) is 0 Å². The Balaban J connectivity index is 1.14. The third-order valence-electron chi connectivity index (χ3n) is 9.66. The van der Waals surface area contributed by atoms with Crippen molar-refractivity contribution in [3.8, 4) is 22.3 Å². The molecular formula is C46H29NO2. The van der Waals surface area contributed by atoms with Crippen LogP contribution in [0.1, 0.15) is 0 Å². The SMILES string of the molecule is c1ccc(-c2ccc(N(c3ccccc3)c3ccc(-c4cc5oc6ccc7ccccc7c6c5c5c4oc4ccccc45)cc3)cc2)cc1. The molecule has 0 saturated heterocycles. The third kappa shape index (κ3) is 4.44. The lowest BCUT2D eigenvalue weighted by molar-refractivity contribution is 0.664. The Hall–Kier alpha value is -6.58. The number of rotatable bonds is 5. The molecule has 0 aliphatic rings. The predicted molar refractivity (Wildman–Crippen MR) is 204 cm³/mol. The highest BCUT2D eigenvalue weighted by atomic mass is 16.3. The maximum Gasteiger partial charge on any atom is 0.144 e. The molecule has 2 aromatic heterocycles. The van der Waals surface area contributed by atoms with Gasteiger partial charge in [0.15, 0.2) is 0 Å². The molecule has 10 rings (SSSR count). The van der Waals surface area contributed by atoms with E-state index in [9.17, 15) is 0 Å². The van der Waals surface area contributed by atoms with Gasteiger partial charge in [-0.25, -0.2) is 0 Å². The molecule has 0 radical (unpaired) electrons. The first-order valence-electron chi connectivity index (χ1n) is 16.6. The van der Waals surface area contributed by atoms with E-state index >= 15 is 0 Å². The van der Waals surface area contributed by atoms with Crippen LogP contribution in [-0.2, 0) is 0 Å². The summed E-state index contributed by atoms with van der Waals surface area (Å²) in [6, 6.07) is 61.8. The lowest BCUT2D eigenvalue weighted by Crippen LogP contribution is -2.09. The van der Waals surface area contributed by atoms with Crippen LogP contribution >= 0.6 is 0 Å². The van der Waals surface area contributed by atoms with Crippen LogP contribution in [0.5, 0.6) is 0 Å². The highest BCUT2D eigenvalue weighted by Crippen LogP contribution is 2.46. The Labute approximate surface area is 282 Å². The lowest BCUT2D eigenvalue weighted by atomic mass is 9.96. The van der Waals surface area contributed by atoms with E-state index in [4.69, 9.17) is 8.83 Å². The van der Waals surface area contributed by atoms with E-state index in [0.29, 0.717) is 0 Å². The van der Waals surface area contributed by atoms with Crippen LogP contribution in [0.25, 0.3) is 76.9 Å². The van der Waals surface area contributed by atoms with Gasteiger partial charge in [-0.05, 0) is 82.1 Å². The molecule has 0 spiro atoms. The number of benzene rings is 8. The smallest absolute Gasteiger partial charge is 0.144 e. The zero-order chi connectivity index (χ0) is 32.3. The Kier molecular flexibility index (Phi) is 6.18. The van der Waals surface area contributed by atoms with Gasteiger partial charge in [0, 0.05) is 44.2 Å². The van der Waals surface area contributed by atoms with Gasteiger partial charge in [0.2, 0.25) is 0 Å². The molecule has 0 fully saturated rings. The molecule has 0 unspecified atom stereocenters. The molecular weight excluding hydrogens is 599 g/mol. The van der Waals surface area contributed by atoms with Crippen molar-refractivity contribution in [2.45, 2.75) is 0 Å². The molecule has 8 aromatic carbocycles. The van der Waals surface area contributed by atoms with Gasteiger partial charge >= 0.3 is 0 Å². The average Bonchev–Trinajstić information content (AvgIpc) is 3.75. The molecule has 3 heteroatoms. The summed E-state index contributed by atoms with van der Waals surface area (Å²) < 4.78 is 13.3. The molecule has 3 nitrogen and oxygen atoms in total. The number of nitrogens with zero attached hydrogens (tertiary/aromatic N) is 1. The van der Waals surface area contributed by atoms with Crippen LogP contribution < -0.4 is 4.90 Å². The number of para-hydroxylation sites is 2. The summed E-state index contributed by atoms with van der Waals surface area (Å²) >= 11 is 0. The zero-order valence-electron chi connectivity index (χ0n) is 26.5. The summed E-state index contributed by atoms with van der Waals surface area (Å²) in [5.41, 5.74) is 11.2. The maximum atomic E-state index is 6.69. The third-order valence-corrected chi connectivity index (χ3v) is 9.66. The molecule has 0 amide bonds. The molecule has 0 aliphatic carbocycles. The minimum Gasteiger partial charge on any atom is -0.456 e. The second-order valence-corrected chi connectivity index (χ2v) is 12.5. The number of hydrogen-bond acceptors (Lipinski definition) is 3. The molecule has 0 aliphatic heterocycles. The van der Waals surface area contributed by atoms with E-state index in [0.717, 1.165) is 72.1 Å². The molecule has 49 heavy (non-hydrogen) atoms. The van der Waals surface area contributed by atoms with E-state index in [-0.39, 0.29) is 0 Å². The first-order chi connectivity index (χ1) is 24.3. The summed E-state index contributed by atoms with van der Waals surface area (Å²) in [7, 11) is 0. The standard InChI is InChI=1S/C46H29NO2/c1-3-11-30(12-4-1)31-19-24-35(25-20-31)47(34-14-5-2-6-15-34)36-26-21-33(22-27-36)39-29-42-45(44-38-17-9-10-18-40(38)49-46(39)44)43-37-16-8-7-13-32(37)23-28-41(43)48-42/h1-29H. The summed E-state index contributed by atoms with van der Waals surface area (Å²) in [4.78, 5) is 2.29. The maximum absolute atomic E-state index is 6.69. The van der Waals surface area contributed by atoms with Crippen LogP contribution in [0.2, 0.25) is 0 Å². The summed E-state index contributed by atoms with van der Waals surface area (Å²) in [5, 5.41) is 6.78. The fourth-order valence-corrected chi connectivity index (χ4v) is 7.38. The van der Waals surface area contributed by atoms with E-state index < -0.39 is 0 Å². The van der Waals surface area contributed by atoms with E-state index in [1.807, 2.05) is 6.07 Å². The summed E-state index contributed by atoms with van der Waals surface area (Å²) in [6.45, 7) is 0. The Morgan fingerprint density at radius 3 is 1.69 bits per heavy atom. The number of furan rings is 2. The van der Waals surface area contributed by atoms with E-state index in [2.05, 4.69) is 175 Å². The molecule has 10 aromatic rings. The quantitative estimate of drug-likeness (QED) is 0.190. The number of anilines is 3. The fourth-order valence-electron chi connectivity index (χ4n) is 7.38. The Morgan fingerprint density at radius 2 is 0.939 bits per heavy atom. The molecule has 0 bridgehead atoms.